The van der Waals surface area contributed by atoms with Crippen LogP contribution < -0.4 is 5.43 Å². The number of amides is 1. The molecule has 2 aromatic carbocycles. The first-order valence-corrected chi connectivity index (χ1v) is 12.2. The average Bonchev–Trinajstić information content (AvgIpc) is 3.60. The number of carbonyl (C=O) groups is 1. The van der Waals surface area contributed by atoms with Crippen molar-refractivity contribution in [1.29, 1.82) is 0 Å². The van der Waals surface area contributed by atoms with E-state index in [2.05, 4.69) is 10.5 Å². The standard InChI is InChI=1S/C27H22N4O2S/c32-27(25-15-19-9-5-7-13-24(19)34-25)29-28-16-20-17-31(21-10-2-1-3-11-21)30-26(20)23-14-18-8-4-6-12-22(18)33-23/h1-4,6,8,10-12,14-17H,5,7,9,13H2,(H,29,32)/b28-16+. The summed E-state index contributed by atoms with van der Waals surface area (Å²) in [6.07, 6.45) is 8.03. The fourth-order valence-corrected chi connectivity index (χ4v) is 5.45. The summed E-state index contributed by atoms with van der Waals surface area (Å²) in [5.74, 6) is 0.464. The number of nitrogens with zero attached hydrogens (tertiary/aromatic N) is 3. The summed E-state index contributed by atoms with van der Waals surface area (Å²) in [7, 11) is 0. The predicted molar refractivity (Wildman–Crippen MR) is 135 cm³/mol. The van der Waals surface area contributed by atoms with E-state index in [1.807, 2.05) is 72.9 Å². The van der Waals surface area contributed by atoms with Gasteiger partial charge in [-0.1, -0.05) is 36.4 Å². The molecule has 0 spiro atoms. The molecule has 34 heavy (non-hydrogen) atoms. The lowest BCUT2D eigenvalue weighted by Gasteiger charge is -2.08. The molecule has 7 heteroatoms. The lowest BCUT2D eigenvalue weighted by atomic mass is 9.99. The van der Waals surface area contributed by atoms with Crippen LogP contribution in [0.15, 0.2) is 82.4 Å². The van der Waals surface area contributed by atoms with Gasteiger partial charge in [-0.25, -0.2) is 10.1 Å². The Balaban J connectivity index is 1.31. The highest BCUT2D eigenvalue weighted by atomic mass is 32.1. The molecule has 3 heterocycles. The molecule has 1 aliphatic rings. The Hall–Kier alpha value is -3.97. The number of furan rings is 1. The highest BCUT2D eigenvalue weighted by molar-refractivity contribution is 7.14. The lowest BCUT2D eigenvalue weighted by Crippen LogP contribution is -2.16. The van der Waals surface area contributed by atoms with Crippen molar-refractivity contribution in [3.8, 4) is 17.1 Å². The summed E-state index contributed by atoms with van der Waals surface area (Å²) in [4.78, 5) is 14.7. The molecule has 0 bridgehead atoms. The van der Waals surface area contributed by atoms with E-state index >= 15 is 0 Å². The summed E-state index contributed by atoms with van der Waals surface area (Å²) >= 11 is 1.58. The zero-order valence-electron chi connectivity index (χ0n) is 18.4. The molecule has 0 atom stereocenters. The molecule has 0 aliphatic heterocycles. The van der Waals surface area contributed by atoms with Crippen molar-refractivity contribution >= 4 is 34.4 Å². The van der Waals surface area contributed by atoms with E-state index in [9.17, 15) is 4.79 Å². The molecule has 6 nitrogen and oxygen atoms in total. The Morgan fingerprint density at radius 3 is 2.74 bits per heavy atom. The summed E-state index contributed by atoms with van der Waals surface area (Å²) in [6, 6.07) is 21.7. The van der Waals surface area contributed by atoms with Gasteiger partial charge in [0.15, 0.2) is 5.76 Å². The summed E-state index contributed by atoms with van der Waals surface area (Å²) in [6.45, 7) is 0. The van der Waals surface area contributed by atoms with Crippen LogP contribution in [-0.2, 0) is 12.8 Å². The quantitative estimate of drug-likeness (QED) is 0.255. The second-order valence-electron chi connectivity index (χ2n) is 8.33. The minimum atomic E-state index is -0.184. The monoisotopic (exact) mass is 466 g/mol. The SMILES string of the molecule is O=C(N/N=C/c1cn(-c2ccccc2)nc1-c1cc2ccccc2o1)c1cc2c(s1)CCCC2. The first-order chi connectivity index (χ1) is 16.7. The Labute approximate surface area is 200 Å². The molecule has 0 radical (unpaired) electrons. The number of fused-ring (bicyclic) bond motifs is 2. The number of aromatic nitrogens is 2. The number of benzene rings is 2. The molecule has 5 aromatic rings. The van der Waals surface area contributed by atoms with Gasteiger partial charge in [0.2, 0.25) is 0 Å². The van der Waals surface area contributed by atoms with Crippen LogP contribution in [0.3, 0.4) is 0 Å². The molecule has 3 aromatic heterocycles. The van der Waals surface area contributed by atoms with E-state index in [4.69, 9.17) is 9.52 Å². The molecule has 0 fully saturated rings. The van der Waals surface area contributed by atoms with Crippen LogP contribution in [0.2, 0.25) is 0 Å². The first kappa shape index (κ1) is 20.6. The van der Waals surface area contributed by atoms with Crippen molar-refractivity contribution < 1.29 is 9.21 Å². The smallest absolute Gasteiger partial charge is 0.281 e. The van der Waals surface area contributed by atoms with Crippen LogP contribution in [0.5, 0.6) is 0 Å². The molecule has 0 unspecified atom stereocenters. The Kier molecular flexibility index (Phi) is 5.31. The van der Waals surface area contributed by atoms with Gasteiger partial charge in [-0.05, 0) is 61.6 Å². The van der Waals surface area contributed by atoms with Crippen LogP contribution in [-0.4, -0.2) is 21.9 Å². The fourth-order valence-electron chi connectivity index (χ4n) is 4.30. The number of carbonyl (C=O) groups excluding carboxylic acids is 1. The number of hydrogen-bond acceptors (Lipinski definition) is 5. The number of hydrogen-bond donors (Lipinski definition) is 1. The van der Waals surface area contributed by atoms with Gasteiger partial charge in [-0.15, -0.1) is 11.3 Å². The number of aryl methyl sites for hydroxylation is 2. The number of thiophene rings is 1. The second-order valence-corrected chi connectivity index (χ2v) is 9.46. The van der Waals surface area contributed by atoms with Gasteiger partial charge in [0.1, 0.15) is 11.3 Å². The van der Waals surface area contributed by atoms with Gasteiger partial charge in [0.05, 0.1) is 16.8 Å². The maximum atomic E-state index is 12.7. The van der Waals surface area contributed by atoms with Crippen molar-refractivity contribution in [2.45, 2.75) is 25.7 Å². The van der Waals surface area contributed by atoms with Crippen molar-refractivity contribution in [2.24, 2.45) is 5.10 Å². The van der Waals surface area contributed by atoms with Crippen molar-refractivity contribution in [3.05, 3.63) is 93.8 Å². The van der Waals surface area contributed by atoms with Crippen molar-refractivity contribution in [1.82, 2.24) is 15.2 Å². The van der Waals surface area contributed by atoms with Crippen molar-refractivity contribution in [2.75, 3.05) is 0 Å². The fraction of sp³-hybridized carbons (Fsp3) is 0.148. The summed E-state index contributed by atoms with van der Waals surface area (Å²) in [5.41, 5.74) is 7.11. The van der Waals surface area contributed by atoms with Gasteiger partial charge >= 0.3 is 0 Å². The highest BCUT2D eigenvalue weighted by Gasteiger charge is 2.18. The molecule has 0 saturated carbocycles. The average molecular weight is 467 g/mol. The lowest BCUT2D eigenvalue weighted by molar-refractivity contribution is 0.0959. The zero-order valence-corrected chi connectivity index (χ0v) is 19.2. The molecule has 168 valence electrons. The summed E-state index contributed by atoms with van der Waals surface area (Å²) < 4.78 is 7.85. The minimum Gasteiger partial charge on any atom is -0.454 e. The Bertz CT molecular complexity index is 1450. The number of hydrazone groups is 1. The van der Waals surface area contributed by atoms with E-state index in [1.54, 1.807) is 22.2 Å². The van der Waals surface area contributed by atoms with E-state index in [1.165, 1.54) is 23.3 Å². The minimum absolute atomic E-state index is 0.184. The van der Waals surface area contributed by atoms with E-state index in [0.29, 0.717) is 16.3 Å². The van der Waals surface area contributed by atoms with Gasteiger partial charge in [0.25, 0.3) is 5.91 Å². The third-order valence-corrected chi connectivity index (χ3v) is 7.25. The maximum absolute atomic E-state index is 12.7. The molecular formula is C27H22N4O2S. The predicted octanol–water partition coefficient (Wildman–Crippen LogP) is 5.99. The van der Waals surface area contributed by atoms with Gasteiger partial charge in [0, 0.05) is 22.0 Å². The maximum Gasteiger partial charge on any atom is 0.281 e. The van der Waals surface area contributed by atoms with Crippen LogP contribution in [0.4, 0.5) is 0 Å². The van der Waals surface area contributed by atoms with E-state index in [0.717, 1.165) is 35.1 Å². The van der Waals surface area contributed by atoms with Crippen LogP contribution in [0.1, 0.15) is 38.5 Å². The van der Waals surface area contributed by atoms with Gasteiger partial charge in [-0.2, -0.15) is 10.2 Å². The second kappa shape index (κ2) is 8.76. The molecule has 1 N–H and O–H groups in total. The third-order valence-electron chi connectivity index (χ3n) is 6.01. The summed E-state index contributed by atoms with van der Waals surface area (Å²) in [5, 5.41) is 10.0. The number of rotatable bonds is 5. The van der Waals surface area contributed by atoms with Gasteiger partial charge in [-0.3, -0.25) is 4.79 Å². The molecule has 0 saturated heterocycles. The van der Waals surface area contributed by atoms with E-state index in [-0.39, 0.29) is 5.91 Å². The van der Waals surface area contributed by atoms with Crippen molar-refractivity contribution in [3.63, 3.8) is 0 Å². The van der Waals surface area contributed by atoms with Crippen LogP contribution in [0.25, 0.3) is 28.1 Å². The molecule has 1 amide bonds. The van der Waals surface area contributed by atoms with Crippen LogP contribution >= 0.6 is 11.3 Å². The molecule has 1 aliphatic carbocycles. The van der Waals surface area contributed by atoms with Gasteiger partial charge < -0.3 is 4.42 Å². The van der Waals surface area contributed by atoms with Crippen LogP contribution in [0, 0.1) is 0 Å². The molecular weight excluding hydrogens is 444 g/mol. The first-order valence-electron chi connectivity index (χ1n) is 11.3. The Morgan fingerprint density at radius 1 is 1.06 bits per heavy atom. The molecule has 6 rings (SSSR count). The zero-order chi connectivity index (χ0) is 22.9. The number of para-hydroxylation sites is 2. The number of nitrogens with one attached hydrogen (secondary N) is 1. The highest BCUT2D eigenvalue weighted by Crippen LogP contribution is 2.30. The topological polar surface area (TPSA) is 72.4 Å². The largest absolute Gasteiger partial charge is 0.454 e. The Morgan fingerprint density at radius 2 is 1.88 bits per heavy atom. The van der Waals surface area contributed by atoms with E-state index < -0.39 is 0 Å². The normalized spacial score (nSPS) is 13.4. The third kappa shape index (κ3) is 3.95.